The molecule has 0 bridgehead atoms. The predicted octanol–water partition coefficient (Wildman–Crippen LogP) is 0.771. The minimum Gasteiger partial charge on any atom is -0.394 e. The molecule has 0 saturated heterocycles. The topological polar surface area (TPSA) is 64.1 Å². The first-order valence-electron chi connectivity index (χ1n) is 4.98. The van der Waals surface area contributed by atoms with Crippen LogP contribution in [0, 0.1) is 13.8 Å². The summed E-state index contributed by atoms with van der Waals surface area (Å²) in [6.07, 6.45) is 2.60. The number of imidazole rings is 1. The van der Waals surface area contributed by atoms with Gasteiger partial charge >= 0.3 is 0 Å². The van der Waals surface area contributed by atoms with Gasteiger partial charge in [0.25, 0.3) is 0 Å². The SMILES string of the molecule is CCC(N)C(CO)n1cnc(C)c1C. The second-order valence-electron chi connectivity index (χ2n) is 3.64. The lowest BCUT2D eigenvalue weighted by atomic mass is 10.1. The van der Waals surface area contributed by atoms with Crippen molar-refractivity contribution in [1.29, 1.82) is 0 Å². The van der Waals surface area contributed by atoms with Crippen molar-refractivity contribution in [2.75, 3.05) is 6.61 Å². The van der Waals surface area contributed by atoms with Gasteiger partial charge in [0.05, 0.1) is 24.7 Å². The Morgan fingerprint density at radius 3 is 2.57 bits per heavy atom. The van der Waals surface area contributed by atoms with Crippen LogP contribution in [0.1, 0.15) is 30.8 Å². The van der Waals surface area contributed by atoms with E-state index >= 15 is 0 Å². The summed E-state index contributed by atoms with van der Waals surface area (Å²) in [5, 5.41) is 9.29. The molecular weight excluding hydrogens is 178 g/mol. The third kappa shape index (κ3) is 1.96. The number of nitrogens with two attached hydrogens (primary N) is 1. The largest absolute Gasteiger partial charge is 0.394 e. The molecule has 0 aliphatic carbocycles. The van der Waals surface area contributed by atoms with E-state index in [1.165, 1.54) is 0 Å². The molecule has 0 fully saturated rings. The summed E-state index contributed by atoms with van der Waals surface area (Å²) >= 11 is 0. The van der Waals surface area contributed by atoms with Crippen molar-refractivity contribution in [3.8, 4) is 0 Å². The highest BCUT2D eigenvalue weighted by Gasteiger charge is 2.19. The normalized spacial score (nSPS) is 15.5. The van der Waals surface area contributed by atoms with E-state index in [1.807, 2.05) is 25.3 Å². The van der Waals surface area contributed by atoms with Gasteiger partial charge in [0.1, 0.15) is 0 Å². The predicted molar refractivity (Wildman–Crippen MR) is 56.1 cm³/mol. The summed E-state index contributed by atoms with van der Waals surface area (Å²) in [7, 11) is 0. The van der Waals surface area contributed by atoms with E-state index in [9.17, 15) is 5.11 Å². The van der Waals surface area contributed by atoms with Crippen molar-refractivity contribution in [2.45, 2.75) is 39.3 Å². The van der Waals surface area contributed by atoms with Crippen LogP contribution in [0.4, 0.5) is 0 Å². The maximum atomic E-state index is 9.29. The number of nitrogens with zero attached hydrogens (tertiary/aromatic N) is 2. The van der Waals surface area contributed by atoms with Crippen molar-refractivity contribution >= 4 is 0 Å². The van der Waals surface area contributed by atoms with Crippen molar-refractivity contribution in [3.63, 3.8) is 0 Å². The van der Waals surface area contributed by atoms with Crippen LogP contribution in [-0.4, -0.2) is 27.3 Å². The lowest BCUT2D eigenvalue weighted by molar-refractivity contribution is 0.203. The fraction of sp³-hybridized carbons (Fsp3) is 0.700. The zero-order chi connectivity index (χ0) is 10.7. The Hall–Kier alpha value is -0.870. The summed E-state index contributed by atoms with van der Waals surface area (Å²) in [6.45, 7) is 6.03. The third-order valence-corrected chi connectivity index (χ3v) is 2.80. The van der Waals surface area contributed by atoms with Crippen molar-refractivity contribution in [3.05, 3.63) is 17.7 Å². The summed E-state index contributed by atoms with van der Waals surface area (Å²) in [5.74, 6) is 0. The number of aromatic nitrogens is 2. The zero-order valence-electron chi connectivity index (χ0n) is 9.07. The van der Waals surface area contributed by atoms with Crippen LogP contribution in [-0.2, 0) is 0 Å². The lowest BCUT2D eigenvalue weighted by Crippen LogP contribution is -2.34. The number of rotatable bonds is 4. The Labute approximate surface area is 84.8 Å². The van der Waals surface area contributed by atoms with E-state index in [2.05, 4.69) is 4.98 Å². The lowest BCUT2D eigenvalue weighted by Gasteiger charge is -2.23. The molecule has 0 aliphatic heterocycles. The third-order valence-electron chi connectivity index (χ3n) is 2.80. The van der Waals surface area contributed by atoms with Gasteiger partial charge in [-0.15, -0.1) is 0 Å². The summed E-state index contributed by atoms with van der Waals surface area (Å²) in [4.78, 5) is 4.20. The fourth-order valence-corrected chi connectivity index (χ4v) is 1.55. The molecule has 1 aromatic rings. The van der Waals surface area contributed by atoms with Gasteiger partial charge in [-0.25, -0.2) is 4.98 Å². The molecule has 0 saturated carbocycles. The average molecular weight is 197 g/mol. The number of aliphatic hydroxyl groups is 1. The molecule has 4 heteroatoms. The zero-order valence-corrected chi connectivity index (χ0v) is 9.07. The Balaban J connectivity index is 2.94. The summed E-state index contributed by atoms with van der Waals surface area (Å²) in [6, 6.07) is -0.0755. The summed E-state index contributed by atoms with van der Waals surface area (Å²) in [5.41, 5.74) is 8.00. The number of hydrogen-bond acceptors (Lipinski definition) is 3. The van der Waals surface area contributed by atoms with Crippen molar-refractivity contribution < 1.29 is 5.11 Å². The smallest absolute Gasteiger partial charge is 0.0955 e. The second kappa shape index (κ2) is 4.57. The van der Waals surface area contributed by atoms with Gasteiger partial charge in [0.15, 0.2) is 0 Å². The van der Waals surface area contributed by atoms with Crippen LogP contribution in [0.2, 0.25) is 0 Å². The quantitative estimate of drug-likeness (QED) is 0.749. The maximum Gasteiger partial charge on any atom is 0.0955 e. The molecule has 2 atom stereocenters. The first-order valence-corrected chi connectivity index (χ1v) is 4.98. The molecule has 0 aromatic carbocycles. The molecule has 80 valence electrons. The van der Waals surface area contributed by atoms with Crippen LogP contribution in [0.15, 0.2) is 6.33 Å². The van der Waals surface area contributed by atoms with Crippen molar-refractivity contribution in [2.24, 2.45) is 5.73 Å². The molecule has 1 heterocycles. The average Bonchev–Trinajstić information content (AvgIpc) is 2.50. The molecule has 1 aromatic heterocycles. The summed E-state index contributed by atoms with van der Waals surface area (Å²) < 4.78 is 1.96. The number of aryl methyl sites for hydroxylation is 1. The van der Waals surface area contributed by atoms with Gasteiger partial charge < -0.3 is 15.4 Å². The Kier molecular flexibility index (Phi) is 3.66. The molecule has 0 spiro atoms. The molecule has 1 rings (SSSR count). The Morgan fingerprint density at radius 2 is 2.21 bits per heavy atom. The van der Waals surface area contributed by atoms with Crippen LogP contribution in [0.3, 0.4) is 0 Å². The van der Waals surface area contributed by atoms with Gasteiger partial charge in [0, 0.05) is 11.7 Å². The van der Waals surface area contributed by atoms with Gasteiger partial charge in [-0.1, -0.05) is 6.92 Å². The molecule has 14 heavy (non-hydrogen) atoms. The highest BCUT2D eigenvalue weighted by atomic mass is 16.3. The first-order chi connectivity index (χ1) is 6.61. The Morgan fingerprint density at radius 1 is 1.57 bits per heavy atom. The van der Waals surface area contributed by atoms with Gasteiger partial charge in [-0.05, 0) is 20.3 Å². The highest BCUT2D eigenvalue weighted by molar-refractivity contribution is 5.10. The molecule has 3 N–H and O–H groups in total. The van der Waals surface area contributed by atoms with Gasteiger partial charge in [-0.3, -0.25) is 0 Å². The van der Waals surface area contributed by atoms with E-state index in [4.69, 9.17) is 5.73 Å². The van der Waals surface area contributed by atoms with Gasteiger partial charge in [-0.2, -0.15) is 0 Å². The Bertz CT molecular complexity index is 296. The standard InChI is InChI=1S/C10H19N3O/c1-4-9(11)10(5-14)13-6-12-7(2)8(13)3/h6,9-10,14H,4-5,11H2,1-3H3. The molecule has 4 nitrogen and oxygen atoms in total. The number of aliphatic hydroxyl groups excluding tert-OH is 1. The van der Waals surface area contributed by atoms with Crippen LogP contribution in [0.25, 0.3) is 0 Å². The highest BCUT2D eigenvalue weighted by Crippen LogP contribution is 2.16. The monoisotopic (exact) mass is 197 g/mol. The van der Waals surface area contributed by atoms with E-state index in [-0.39, 0.29) is 18.7 Å². The van der Waals surface area contributed by atoms with Crippen molar-refractivity contribution in [1.82, 2.24) is 9.55 Å². The van der Waals surface area contributed by atoms with Crippen LogP contribution >= 0.6 is 0 Å². The molecule has 0 radical (unpaired) electrons. The van der Waals surface area contributed by atoms with Gasteiger partial charge in [0.2, 0.25) is 0 Å². The van der Waals surface area contributed by atoms with Crippen LogP contribution < -0.4 is 5.73 Å². The molecule has 2 unspecified atom stereocenters. The second-order valence-corrected chi connectivity index (χ2v) is 3.64. The molecule has 0 amide bonds. The van der Waals surface area contributed by atoms with E-state index in [0.717, 1.165) is 17.8 Å². The van der Waals surface area contributed by atoms with E-state index < -0.39 is 0 Å². The number of hydrogen-bond donors (Lipinski definition) is 2. The fourth-order valence-electron chi connectivity index (χ4n) is 1.55. The van der Waals surface area contributed by atoms with Crippen LogP contribution in [0.5, 0.6) is 0 Å². The first kappa shape index (κ1) is 11.2. The molecular formula is C10H19N3O. The molecule has 0 aliphatic rings. The van der Waals surface area contributed by atoms with E-state index in [1.54, 1.807) is 6.33 Å². The minimum absolute atomic E-state index is 0.0210. The van der Waals surface area contributed by atoms with E-state index in [0.29, 0.717) is 0 Å². The maximum absolute atomic E-state index is 9.29. The minimum atomic E-state index is -0.0544.